The van der Waals surface area contributed by atoms with Crippen molar-refractivity contribution in [1.82, 2.24) is 4.98 Å². The van der Waals surface area contributed by atoms with Crippen LogP contribution in [0.3, 0.4) is 0 Å². The topological polar surface area (TPSA) is 54.5 Å². The van der Waals surface area contributed by atoms with Gasteiger partial charge in [0.25, 0.3) is 5.91 Å². The maximum atomic E-state index is 12.8. The first-order valence-electron chi connectivity index (χ1n) is 9.88. The molecule has 3 rings (SSSR count). The predicted molar refractivity (Wildman–Crippen MR) is 110 cm³/mol. The molecule has 1 aromatic carbocycles. The molecule has 0 aliphatic carbocycles. The molecule has 2 aromatic rings. The fraction of sp³-hybridized carbons (Fsp3) is 0.455. The summed E-state index contributed by atoms with van der Waals surface area (Å²) in [5, 5.41) is 2.98. The molecule has 1 amide bonds. The fourth-order valence-electron chi connectivity index (χ4n) is 3.56. The van der Waals surface area contributed by atoms with Gasteiger partial charge in [0, 0.05) is 24.3 Å². The van der Waals surface area contributed by atoms with Crippen LogP contribution in [0.4, 0.5) is 11.5 Å². The third kappa shape index (κ3) is 4.79. The highest BCUT2D eigenvalue weighted by atomic mass is 16.5. The first-order valence-corrected chi connectivity index (χ1v) is 9.88. The normalized spacial score (nSPS) is 17.0. The van der Waals surface area contributed by atoms with Crippen molar-refractivity contribution < 1.29 is 9.53 Å². The van der Waals surface area contributed by atoms with Gasteiger partial charge in [-0.3, -0.25) is 4.79 Å². The molecule has 0 saturated carbocycles. The highest BCUT2D eigenvalue weighted by molar-refractivity contribution is 6.05. The Hall–Kier alpha value is -2.56. The number of aromatic nitrogens is 1. The lowest BCUT2D eigenvalue weighted by molar-refractivity contribution is 0.102. The lowest BCUT2D eigenvalue weighted by Gasteiger charge is -2.36. The summed E-state index contributed by atoms with van der Waals surface area (Å²) in [5.41, 5.74) is 1.29. The molecule has 1 aromatic heterocycles. The molecule has 2 heterocycles. The van der Waals surface area contributed by atoms with Gasteiger partial charge >= 0.3 is 0 Å². The number of rotatable bonds is 6. The SMILES string of the molecule is CCC1CCCCN1c1cc(C(=O)Nc2ccccc2OC(C)C)ccn1. The average molecular weight is 367 g/mol. The van der Waals surface area contributed by atoms with Crippen LogP contribution in [-0.2, 0) is 0 Å². The van der Waals surface area contributed by atoms with E-state index in [1.54, 1.807) is 12.3 Å². The van der Waals surface area contributed by atoms with Crippen LogP contribution in [0.1, 0.15) is 56.8 Å². The molecule has 1 fully saturated rings. The summed E-state index contributed by atoms with van der Waals surface area (Å²) in [6, 6.07) is 11.7. The smallest absolute Gasteiger partial charge is 0.255 e. The first kappa shape index (κ1) is 19.2. The Labute approximate surface area is 161 Å². The van der Waals surface area contributed by atoms with Crippen LogP contribution < -0.4 is 15.0 Å². The van der Waals surface area contributed by atoms with E-state index in [1.165, 1.54) is 19.3 Å². The second-order valence-corrected chi connectivity index (χ2v) is 7.27. The van der Waals surface area contributed by atoms with Gasteiger partial charge in [-0.15, -0.1) is 0 Å². The average Bonchev–Trinajstić information content (AvgIpc) is 2.69. The standard InChI is InChI=1S/C22H29N3O2/c1-4-18-9-7-8-14-25(18)21-15-17(12-13-23-21)22(26)24-19-10-5-6-11-20(19)27-16(2)3/h5-6,10-13,15-16,18H,4,7-9,14H2,1-3H3,(H,24,26). The number of hydrogen-bond acceptors (Lipinski definition) is 4. The van der Waals surface area contributed by atoms with E-state index in [1.807, 2.05) is 44.2 Å². The van der Waals surface area contributed by atoms with Crippen LogP contribution in [-0.4, -0.2) is 29.6 Å². The number of hydrogen-bond donors (Lipinski definition) is 1. The fourth-order valence-corrected chi connectivity index (χ4v) is 3.56. The third-order valence-corrected chi connectivity index (χ3v) is 4.90. The van der Waals surface area contributed by atoms with E-state index >= 15 is 0 Å². The summed E-state index contributed by atoms with van der Waals surface area (Å²) >= 11 is 0. The van der Waals surface area contributed by atoms with Crippen molar-refractivity contribution in [2.75, 3.05) is 16.8 Å². The van der Waals surface area contributed by atoms with Gasteiger partial charge in [0.2, 0.25) is 0 Å². The van der Waals surface area contributed by atoms with Gasteiger partial charge in [-0.25, -0.2) is 4.98 Å². The molecule has 27 heavy (non-hydrogen) atoms. The largest absolute Gasteiger partial charge is 0.489 e. The molecule has 1 atom stereocenters. The third-order valence-electron chi connectivity index (χ3n) is 4.90. The van der Waals surface area contributed by atoms with Crippen LogP contribution in [0.5, 0.6) is 5.75 Å². The lowest BCUT2D eigenvalue weighted by Crippen LogP contribution is -2.39. The summed E-state index contributed by atoms with van der Waals surface area (Å²) in [7, 11) is 0. The molecule has 1 aliphatic rings. The van der Waals surface area contributed by atoms with E-state index < -0.39 is 0 Å². The van der Waals surface area contributed by atoms with E-state index in [9.17, 15) is 4.79 Å². The van der Waals surface area contributed by atoms with Crippen molar-refractivity contribution in [3.05, 3.63) is 48.2 Å². The minimum atomic E-state index is -0.150. The summed E-state index contributed by atoms with van der Waals surface area (Å²) in [4.78, 5) is 19.7. The Kier molecular flexibility index (Phi) is 6.32. The number of ether oxygens (including phenoxy) is 1. The Bertz CT molecular complexity index is 776. The summed E-state index contributed by atoms with van der Waals surface area (Å²) in [6.07, 6.45) is 6.49. The van der Waals surface area contributed by atoms with Gasteiger partial charge in [-0.05, 0) is 63.8 Å². The number of piperidine rings is 1. The van der Waals surface area contributed by atoms with Gasteiger partial charge in [-0.2, -0.15) is 0 Å². The summed E-state index contributed by atoms with van der Waals surface area (Å²) in [6.45, 7) is 7.15. The highest BCUT2D eigenvalue weighted by Gasteiger charge is 2.22. The van der Waals surface area contributed by atoms with Crippen LogP contribution in [0.15, 0.2) is 42.6 Å². The number of nitrogens with one attached hydrogen (secondary N) is 1. The van der Waals surface area contributed by atoms with Crippen molar-refractivity contribution >= 4 is 17.4 Å². The van der Waals surface area contributed by atoms with Gasteiger partial charge in [0.15, 0.2) is 0 Å². The molecule has 1 saturated heterocycles. The van der Waals surface area contributed by atoms with E-state index in [4.69, 9.17) is 4.74 Å². The van der Waals surface area contributed by atoms with Crippen LogP contribution in [0.25, 0.3) is 0 Å². The molecule has 0 spiro atoms. The maximum Gasteiger partial charge on any atom is 0.255 e. The number of benzene rings is 1. The van der Waals surface area contributed by atoms with E-state index in [0.29, 0.717) is 23.0 Å². The molecular formula is C22H29N3O2. The summed E-state index contributed by atoms with van der Waals surface area (Å²) in [5.74, 6) is 1.42. The molecular weight excluding hydrogens is 338 g/mol. The second kappa shape index (κ2) is 8.89. The van der Waals surface area contributed by atoms with Crippen LogP contribution in [0, 0.1) is 0 Å². The first-order chi connectivity index (χ1) is 13.1. The van der Waals surface area contributed by atoms with Crippen molar-refractivity contribution in [1.29, 1.82) is 0 Å². The van der Waals surface area contributed by atoms with Crippen molar-refractivity contribution in [3.63, 3.8) is 0 Å². The number of pyridine rings is 1. The summed E-state index contributed by atoms with van der Waals surface area (Å²) < 4.78 is 5.79. The predicted octanol–water partition coefficient (Wildman–Crippen LogP) is 4.89. The molecule has 5 heteroatoms. The number of carbonyl (C=O) groups excluding carboxylic acids is 1. The Morgan fingerprint density at radius 1 is 1.30 bits per heavy atom. The van der Waals surface area contributed by atoms with Crippen LogP contribution >= 0.6 is 0 Å². The highest BCUT2D eigenvalue weighted by Crippen LogP contribution is 2.27. The molecule has 144 valence electrons. The second-order valence-electron chi connectivity index (χ2n) is 7.27. The maximum absolute atomic E-state index is 12.8. The minimum Gasteiger partial charge on any atom is -0.489 e. The van der Waals surface area contributed by atoms with Crippen molar-refractivity contribution in [3.8, 4) is 5.75 Å². The van der Waals surface area contributed by atoms with Crippen molar-refractivity contribution in [2.45, 2.75) is 58.6 Å². The Morgan fingerprint density at radius 2 is 2.11 bits per heavy atom. The molecule has 1 N–H and O–H groups in total. The monoisotopic (exact) mass is 367 g/mol. The molecule has 1 unspecified atom stereocenters. The molecule has 0 bridgehead atoms. The van der Waals surface area contributed by atoms with Crippen molar-refractivity contribution in [2.24, 2.45) is 0 Å². The van der Waals surface area contributed by atoms with Gasteiger partial charge in [0.05, 0.1) is 11.8 Å². The molecule has 5 nitrogen and oxygen atoms in total. The number of anilines is 2. The van der Waals surface area contributed by atoms with E-state index in [-0.39, 0.29) is 12.0 Å². The van der Waals surface area contributed by atoms with Gasteiger partial charge < -0.3 is 15.0 Å². The zero-order valence-corrected chi connectivity index (χ0v) is 16.4. The zero-order chi connectivity index (χ0) is 19.2. The minimum absolute atomic E-state index is 0.0423. The lowest BCUT2D eigenvalue weighted by atomic mass is 10.00. The zero-order valence-electron chi connectivity index (χ0n) is 16.4. The Morgan fingerprint density at radius 3 is 2.89 bits per heavy atom. The quantitative estimate of drug-likeness (QED) is 0.790. The molecule has 1 aliphatic heterocycles. The van der Waals surface area contributed by atoms with E-state index in [0.717, 1.165) is 18.8 Å². The molecule has 0 radical (unpaired) electrons. The number of nitrogens with zero attached hydrogens (tertiary/aromatic N) is 2. The number of carbonyl (C=O) groups is 1. The number of amides is 1. The number of para-hydroxylation sites is 2. The Balaban J connectivity index is 1.78. The van der Waals surface area contributed by atoms with Gasteiger partial charge in [0.1, 0.15) is 11.6 Å². The van der Waals surface area contributed by atoms with Gasteiger partial charge in [-0.1, -0.05) is 19.1 Å². The van der Waals surface area contributed by atoms with E-state index in [2.05, 4.69) is 22.1 Å². The van der Waals surface area contributed by atoms with Crippen LogP contribution in [0.2, 0.25) is 0 Å².